The summed E-state index contributed by atoms with van der Waals surface area (Å²) in [7, 11) is 0. The molecule has 1 heterocycles. The number of rotatable bonds is 5. The molecule has 6 nitrogen and oxygen atoms in total. The van der Waals surface area contributed by atoms with Crippen LogP contribution in [0.4, 0.5) is 5.69 Å². The molecule has 2 aromatic rings. The van der Waals surface area contributed by atoms with Crippen molar-refractivity contribution in [2.24, 2.45) is 0 Å². The van der Waals surface area contributed by atoms with Gasteiger partial charge in [-0.1, -0.05) is 30.3 Å². The molecule has 0 bridgehead atoms. The van der Waals surface area contributed by atoms with Crippen LogP contribution in [0.25, 0.3) is 0 Å². The highest BCUT2D eigenvalue weighted by molar-refractivity contribution is 5.95. The molecule has 1 aromatic carbocycles. The number of nitrogens with zero attached hydrogens (tertiary/aromatic N) is 1. The molecule has 0 spiro atoms. The fourth-order valence-corrected chi connectivity index (χ4v) is 1.82. The largest absolute Gasteiger partial charge is 0.480 e. The molecule has 4 N–H and O–H groups in total. The van der Waals surface area contributed by atoms with Crippen molar-refractivity contribution >= 4 is 17.6 Å². The Morgan fingerprint density at radius 1 is 1.19 bits per heavy atom. The van der Waals surface area contributed by atoms with E-state index in [9.17, 15) is 14.7 Å². The fraction of sp³-hybridized carbons (Fsp3) is 0.133. The number of benzene rings is 1. The number of aromatic nitrogens is 1. The second-order valence-corrected chi connectivity index (χ2v) is 4.53. The molecule has 6 heteroatoms. The third-order valence-corrected chi connectivity index (χ3v) is 2.91. The van der Waals surface area contributed by atoms with Gasteiger partial charge in [0, 0.05) is 6.42 Å². The van der Waals surface area contributed by atoms with Gasteiger partial charge in [0.2, 0.25) is 0 Å². The number of carbonyl (C=O) groups excluding carboxylic acids is 1. The van der Waals surface area contributed by atoms with E-state index in [1.807, 2.05) is 30.3 Å². The van der Waals surface area contributed by atoms with E-state index in [2.05, 4.69) is 10.3 Å². The molecule has 0 saturated carbocycles. The van der Waals surface area contributed by atoms with Gasteiger partial charge in [0.05, 0.1) is 11.9 Å². The lowest BCUT2D eigenvalue weighted by molar-refractivity contribution is -0.139. The molecule has 21 heavy (non-hydrogen) atoms. The summed E-state index contributed by atoms with van der Waals surface area (Å²) in [5, 5.41) is 11.7. The highest BCUT2D eigenvalue weighted by Crippen LogP contribution is 2.06. The van der Waals surface area contributed by atoms with Gasteiger partial charge in [0.1, 0.15) is 11.7 Å². The minimum atomic E-state index is -1.09. The SMILES string of the molecule is Nc1ccc(C(=O)N[C@H](Cc2ccccc2)C(=O)O)nc1. The topological polar surface area (TPSA) is 105 Å². The summed E-state index contributed by atoms with van der Waals surface area (Å²) in [6.45, 7) is 0. The molecule has 2 rings (SSSR count). The molecule has 0 radical (unpaired) electrons. The zero-order chi connectivity index (χ0) is 15.2. The number of anilines is 1. The van der Waals surface area contributed by atoms with E-state index in [0.29, 0.717) is 5.69 Å². The second kappa shape index (κ2) is 6.51. The normalized spacial score (nSPS) is 11.6. The van der Waals surface area contributed by atoms with Crippen LogP contribution in [-0.2, 0) is 11.2 Å². The Morgan fingerprint density at radius 2 is 1.90 bits per heavy atom. The lowest BCUT2D eigenvalue weighted by Gasteiger charge is -2.14. The number of pyridine rings is 1. The van der Waals surface area contributed by atoms with Crippen LogP contribution in [0.3, 0.4) is 0 Å². The highest BCUT2D eigenvalue weighted by Gasteiger charge is 2.21. The molecule has 1 amide bonds. The van der Waals surface area contributed by atoms with E-state index in [4.69, 9.17) is 5.73 Å². The maximum atomic E-state index is 12.0. The first-order valence-corrected chi connectivity index (χ1v) is 6.35. The van der Waals surface area contributed by atoms with Crippen LogP contribution in [0.2, 0.25) is 0 Å². The third kappa shape index (κ3) is 4.04. The number of nitrogen functional groups attached to an aromatic ring is 1. The smallest absolute Gasteiger partial charge is 0.326 e. The van der Waals surface area contributed by atoms with E-state index in [-0.39, 0.29) is 12.1 Å². The lowest BCUT2D eigenvalue weighted by atomic mass is 10.1. The number of aliphatic carboxylic acids is 1. The van der Waals surface area contributed by atoms with Gasteiger partial charge in [0.15, 0.2) is 0 Å². The summed E-state index contributed by atoms with van der Waals surface area (Å²) in [6, 6.07) is 11.1. The number of nitrogens with one attached hydrogen (secondary N) is 1. The van der Waals surface area contributed by atoms with Crippen molar-refractivity contribution in [1.82, 2.24) is 10.3 Å². The van der Waals surface area contributed by atoms with E-state index >= 15 is 0 Å². The molecule has 1 aromatic heterocycles. The van der Waals surface area contributed by atoms with Crippen LogP contribution in [0.5, 0.6) is 0 Å². The molecule has 1 atom stereocenters. The number of hydrogen-bond acceptors (Lipinski definition) is 4. The number of carboxylic acids is 1. The van der Waals surface area contributed by atoms with Crippen molar-refractivity contribution in [3.05, 3.63) is 59.9 Å². The Kier molecular flexibility index (Phi) is 4.50. The van der Waals surface area contributed by atoms with Gasteiger partial charge >= 0.3 is 5.97 Å². The van der Waals surface area contributed by atoms with Crippen molar-refractivity contribution in [3.63, 3.8) is 0 Å². The van der Waals surface area contributed by atoms with E-state index in [1.165, 1.54) is 18.3 Å². The summed E-state index contributed by atoms with van der Waals surface area (Å²) >= 11 is 0. The molecule has 0 saturated heterocycles. The monoisotopic (exact) mass is 285 g/mol. The van der Waals surface area contributed by atoms with Crippen LogP contribution < -0.4 is 11.1 Å². The first-order valence-electron chi connectivity index (χ1n) is 6.35. The first kappa shape index (κ1) is 14.5. The van der Waals surface area contributed by atoms with E-state index in [1.54, 1.807) is 0 Å². The third-order valence-electron chi connectivity index (χ3n) is 2.91. The highest BCUT2D eigenvalue weighted by atomic mass is 16.4. The van der Waals surface area contributed by atoms with Crippen molar-refractivity contribution in [3.8, 4) is 0 Å². The molecular weight excluding hydrogens is 270 g/mol. The van der Waals surface area contributed by atoms with Gasteiger partial charge in [-0.3, -0.25) is 4.79 Å². The number of carboxylic acid groups (broad SMARTS) is 1. The van der Waals surface area contributed by atoms with Gasteiger partial charge in [-0.05, 0) is 17.7 Å². The maximum absolute atomic E-state index is 12.0. The zero-order valence-electron chi connectivity index (χ0n) is 11.2. The Bertz CT molecular complexity index is 626. The van der Waals surface area contributed by atoms with E-state index in [0.717, 1.165) is 5.56 Å². The summed E-state index contributed by atoms with van der Waals surface area (Å²) in [5.74, 6) is -1.64. The quantitative estimate of drug-likeness (QED) is 0.762. The van der Waals surface area contributed by atoms with Crippen molar-refractivity contribution in [2.75, 3.05) is 5.73 Å². The Labute approximate surface area is 121 Å². The maximum Gasteiger partial charge on any atom is 0.326 e. The molecule has 108 valence electrons. The van der Waals surface area contributed by atoms with Crippen LogP contribution in [0, 0.1) is 0 Å². The van der Waals surface area contributed by atoms with Crippen molar-refractivity contribution in [1.29, 1.82) is 0 Å². The molecule has 0 aliphatic rings. The Morgan fingerprint density at radius 3 is 2.48 bits per heavy atom. The average Bonchev–Trinajstić information content (AvgIpc) is 2.48. The first-order chi connectivity index (χ1) is 10.1. The van der Waals surface area contributed by atoms with E-state index < -0.39 is 17.9 Å². The molecular formula is C15H15N3O3. The van der Waals surface area contributed by atoms with Crippen LogP contribution in [0.1, 0.15) is 16.1 Å². The standard InChI is InChI=1S/C15H15N3O3/c16-11-6-7-12(17-9-11)14(19)18-13(15(20)21)8-10-4-2-1-3-5-10/h1-7,9,13H,8,16H2,(H,18,19)(H,20,21)/t13-/m1/s1. The minimum absolute atomic E-state index is 0.128. The predicted molar refractivity (Wildman–Crippen MR) is 77.7 cm³/mol. The number of nitrogens with two attached hydrogens (primary N) is 1. The van der Waals surface area contributed by atoms with Gasteiger partial charge in [-0.2, -0.15) is 0 Å². The minimum Gasteiger partial charge on any atom is -0.480 e. The molecule has 0 fully saturated rings. The van der Waals surface area contributed by atoms with Crippen LogP contribution in [-0.4, -0.2) is 28.0 Å². The zero-order valence-corrected chi connectivity index (χ0v) is 11.2. The Balaban J connectivity index is 2.07. The second-order valence-electron chi connectivity index (χ2n) is 4.53. The molecule has 0 aliphatic heterocycles. The average molecular weight is 285 g/mol. The predicted octanol–water partition coefficient (Wildman–Crippen LogP) is 1.09. The van der Waals surface area contributed by atoms with Crippen LogP contribution >= 0.6 is 0 Å². The summed E-state index contributed by atoms with van der Waals surface area (Å²) in [4.78, 5) is 27.1. The molecule has 0 aliphatic carbocycles. The van der Waals surface area contributed by atoms with Crippen molar-refractivity contribution < 1.29 is 14.7 Å². The van der Waals surface area contributed by atoms with Gasteiger partial charge in [-0.15, -0.1) is 0 Å². The van der Waals surface area contributed by atoms with Gasteiger partial charge < -0.3 is 16.2 Å². The van der Waals surface area contributed by atoms with Gasteiger partial charge in [0.25, 0.3) is 5.91 Å². The number of amides is 1. The number of carbonyl (C=O) groups is 2. The number of hydrogen-bond donors (Lipinski definition) is 3. The Hall–Kier alpha value is -2.89. The van der Waals surface area contributed by atoms with Crippen molar-refractivity contribution in [2.45, 2.75) is 12.5 Å². The summed E-state index contributed by atoms with van der Waals surface area (Å²) in [6.07, 6.45) is 1.55. The lowest BCUT2D eigenvalue weighted by Crippen LogP contribution is -2.42. The van der Waals surface area contributed by atoms with Crippen LogP contribution in [0.15, 0.2) is 48.7 Å². The van der Waals surface area contributed by atoms with Gasteiger partial charge in [-0.25, -0.2) is 9.78 Å². The molecule has 0 unspecified atom stereocenters. The summed E-state index contributed by atoms with van der Waals surface area (Å²) < 4.78 is 0. The summed E-state index contributed by atoms with van der Waals surface area (Å²) in [5.41, 5.74) is 6.88. The fourth-order valence-electron chi connectivity index (χ4n) is 1.82.